The lowest BCUT2D eigenvalue weighted by Gasteiger charge is -2.19. The summed E-state index contributed by atoms with van der Waals surface area (Å²) < 4.78 is 41.5. The summed E-state index contributed by atoms with van der Waals surface area (Å²) in [6.45, 7) is 6.66. The van der Waals surface area contributed by atoms with Crippen LogP contribution in [0, 0.1) is 18.6 Å². The topological polar surface area (TPSA) is 80.7 Å². The van der Waals surface area contributed by atoms with E-state index in [1.54, 1.807) is 39.3 Å². The fraction of sp³-hybridized carbons (Fsp3) is 0.217. The molecule has 0 amide bonds. The second kappa shape index (κ2) is 8.76. The minimum Gasteiger partial charge on any atom is -0.374 e. The Kier molecular flexibility index (Phi) is 6.16. The van der Waals surface area contributed by atoms with Crippen molar-refractivity contribution in [2.75, 3.05) is 18.6 Å². The number of aromatic nitrogens is 4. The average molecular weight is 488 g/mol. The summed E-state index contributed by atoms with van der Waals surface area (Å²) in [5.74, 6) is -1.05. The first-order chi connectivity index (χ1) is 15.6. The van der Waals surface area contributed by atoms with Gasteiger partial charge >= 0.3 is 0 Å². The Morgan fingerprint density at radius 1 is 1.09 bits per heavy atom. The number of anilines is 1. The minimum atomic E-state index is -2.55. The molecule has 0 radical (unpaired) electrons. The van der Waals surface area contributed by atoms with Crippen LogP contribution in [-0.4, -0.2) is 33.3 Å². The molecule has 0 fully saturated rings. The molecule has 4 heterocycles. The van der Waals surface area contributed by atoms with Gasteiger partial charge in [0.1, 0.15) is 24.2 Å². The lowest BCUT2D eigenvalue weighted by atomic mass is 10.1. The molecule has 170 valence electrons. The maximum Gasteiger partial charge on any atom is 0.151 e. The lowest BCUT2D eigenvalue weighted by Crippen LogP contribution is -2.12. The highest BCUT2D eigenvalue weighted by molar-refractivity contribution is 7.69. The van der Waals surface area contributed by atoms with Crippen LogP contribution in [0.15, 0.2) is 42.7 Å². The van der Waals surface area contributed by atoms with Crippen molar-refractivity contribution in [2.24, 2.45) is 0 Å². The maximum atomic E-state index is 15.0. The Hall–Kier alpha value is -2.96. The van der Waals surface area contributed by atoms with Gasteiger partial charge in [0.2, 0.25) is 0 Å². The number of rotatable bonds is 5. The maximum absolute atomic E-state index is 15.0. The third kappa shape index (κ3) is 4.59. The van der Waals surface area contributed by atoms with Gasteiger partial charge < -0.3 is 9.88 Å². The molecule has 10 heteroatoms. The van der Waals surface area contributed by atoms with Gasteiger partial charge in [-0.3, -0.25) is 9.97 Å². The molecule has 1 N–H and O–H groups in total. The van der Waals surface area contributed by atoms with Gasteiger partial charge in [-0.05, 0) is 51.4 Å². The van der Waals surface area contributed by atoms with E-state index in [1.165, 1.54) is 30.6 Å². The monoisotopic (exact) mass is 487 g/mol. The zero-order valence-electron chi connectivity index (χ0n) is 18.4. The van der Waals surface area contributed by atoms with Crippen molar-refractivity contribution in [1.29, 1.82) is 0 Å². The second-order valence-corrected chi connectivity index (χ2v) is 11.6. The van der Waals surface area contributed by atoms with E-state index in [0.29, 0.717) is 38.4 Å². The summed E-state index contributed by atoms with van der Waals surface area (Å²) in [7, 11) is -2.55. The van der Waals surface area contributed by atoms with Crippen LogP contribution in [0.4, 0.5) is 14.5 Å². The summed E-state index contributed by atoms with van der Waals surface area (Å²) >= 11 is 6.54. The number of hydrogen-bond acceptors (Lipinski definition) is 6. The fourth-order valence-corrected chi connectivity index (χ4v) is 4.40. The van der Waals surface area contributed by atoms with Gasteiger partial charge in [-0.1, -0.05) is 11.6 Å². The van der Waals surface area contributed by atoms with Gasteiger partial charge in [-0.2, -0.15) is 0 Å². The summed E-state index contributed by atoms with van der Waals surface area (Å²) in [6.07, 6.45) is 2.94. The van der Waals surface area contributed by atoms with Crippen molar-refractivity contribution in [2.45, 2.75) is 19.9 Å². The van der Waals surface area contributed by atoms with Crippen molar-refractivity contribution in [3.05, 3.63) is 70.8 Å². The summed E-state index contributed by atoms with van der Waals surface area (Å²) in [4.78, 5) is 17.2. The first-order valence-electron chi connectivity index (χ1n) is 10.1. The van der Waals surface area contributed by atoms with Crippen molar-refractivity contribution >= 4 is 40.9 Å². The predicted octanol–water partition coefficient (Wildman–Crippen LogP) is 5.75. The Balaban J connectivity index is 1.84. The Morgan fingerprint density at radius 3 is 2.48 bits per heavy atom. The molecule has 0 saturated carbocycles. The Morgan fingerprint density at radius 2 is 1.85 bits per heavy atom. The third-order valence-electron chi connectivity index (χ3n) is 5.15. The largest absolute Gasteiger partial charge is 0.374 e. The number of aryl methyl sites for hydroxylation is 1. The molecule has 0 saturated heterocycles. The Bertz CT molecular complexity index is 1410. The Labute approximate surface area is 194 Å². The molecule has 33 heavy (non-hydrogen) atoms. The highest BCUT2D eigenvalue weighted by Gasteiger charge is 2.21. The van der Waals surface area contributed by atoms with E-state index in [4.69, 9.17) is 11.6 Å². The van der Waals surface area contributed by atoms with Crippen LogP contribution >= 0.6 is 18.7 Å². The molecule has 0 aliphatic rings. The third-order valence-corrected chi connectivity index (χ3v) is 6.98. The quantitative estimate of drug-likeness (QED) is 0.361. The van der Waals surface area contributed by atoms with Gasteiger partial charge in [-0.15, -0.1) is 0 Å². The summed E-state index contributed by atoms with van der Waals surface area (Å²) in [5.41, 5.74) is 2.61. The second-order valence-electron chi connectivity index (χ2n) is 8.07. The molecule has 4 aromatic heterocycles. The molecule has 0 aromatic carbocycles. The SMILES string of the molecule is Cc1nc2cc(F)c(-c3ccc(P(C)(C)=O)nc3)nc2c(N[C@H](C)c2ncccc2F)c1Cl. The van der Waals surface area contributed by atoms with Crippen molar-refractivity contribution in [1.82, 2.24) is 19.9 Å². The predicted molar refractivity (Wildman–Crippen MR) is 128 cm³/mol. The zero-order valence-corrected chi connectivity index (χ0v) is 20.0. The number of hydrogen-bond donors (Lipinski definition) is 1. The van der Waals surface area contributed by atoms with Crippen LogP contribution in [-0.2, 0) is 4.57 Å². The molecule has 0 aliphatic heterocycles. The molecule has 0 unspecified atom stereocenters. The summed E-state index contributed by atoms with van der Waals surface area (Å²) in [6, 6.07) is 6.79. The van der Waals surface area contributed by atoms with Crippen LogP contribution in [0.25, 0.3) is 22.3 Å². The van der Waals surface area contributed by atoms with Gasteiger partial charge in [0.05, 0.1) is 39.1 Å². The lowest BCUT2D eigenvalue weighted by molar-refractivity contribution is 0.587. The van der Waals surface area contributed by atoms with Crippen molar-refractivity contribution in [3.63, 3.8) is 0 Å². The van der Waals surface area contributed by atoms with Crippen LogP contribution in [0.2, 0.25) is 5.02 Å². The van der Waals surface area contributed by atoms with Crippen LogP contribution < -0.4 is 10.8 Å². The molecular weight excluding hydrogens is 467 g/mol. The van der Waals surface area contributed by atoms with Crippen molar-refractivity contribution < 1.29 is 13.3 Å². The molecule has 0 bridgehead atoms. The molecule has 4 aromatic rings. The van der Waals surface area contributed by atoms with E-state index in [2.05, 4.69) is 25.3 Å². The molecule has 6 nitrogen and oxygen atoms in total. The van der Waals surface area contributed by atoms with E-state index in [9.17, 15) is 13.3 Å². The van der Waals surface area contributed by atoms with Gasteiger partial charge in [0, 0.05) is 24.0 Å². The number of pyridine rings is 4. The first kappa shape index (κ1) is 23.2. The number of nitrogens with zero attached hydrogens (tertiary/aromatic N) is 4. The molecule has 0 aliphatic carbocycles. The minimum absolute atomic E-state index is 0.0463. The van der Waals surface area contributed by atoms with Crippen LogP contribution in [0.3, 0.4) is 0 Å². The van der Waals surface area contributed by atoms with Crippen LogP contribution in [0.5, 0.6) is 0 Å². The van der Waals surface area contributed by atoms with Gasteiger partial charge in [0.15, 0.2) is 5.82 Å². The summed E-state index contributed by atoms with van der Waals surface area (Å²) in [5, 5.41) is 3.46. The first-order valence-corrected chi connectivity index (χ1v) is 13.1. The van der Waals surface area contributed by atoms with E-state index in [0.717, 1.165) is 0 Å². The van der Waals surface area contributed by atoms with E-state index >= 15 is 0 Å². The molecular formula is C23H21ClF2N5OP. The van der Waals surface area contributed by atoms with Gasteiger partial charge in [0.25, 0.3) is 0 Å². The molecule has 4 rings (SSSR count). The highest BCUT2D eigenvalue weighted by atomic mass is 35.5. The van der Waals surface area contributed by atoms with Crippen LogP contribution in [0.1, 0.15) is 24.4 Å². The fourth-order valence-electron chi connectivity index (χ4n) is 3.44. The normalized spacial score (nSPS) is 12.7. The standard InChI is InChI=1S/C23H21ClF2N5OP/c1-12-19(24)23(30-13(2)20-15(25)6-5-9-27-20)22-17(29-12)10-16(26)21(31-22)14-7-8-18(28-11-14)33(3,4)32/h5-11,13H,1-4H3,(H,29,30)/t13-/m1/s1. The number of nitrogens with one attached hydrogen (secondary N) is 1. The van der Waals surface area contributed by atoms with Gasteiger partial charge in [-0.25, -0.2) is 18.7 Å². The smallest absolute Gasteiger partial charge is 0.151 e. The van der Waals surface area contributed by atoms with E-state index in [1.807, 2.05) is 0 Å². The molecule has 0 spiro atoms. The van der Waals surface area contributed by atoms with E-state index < -0.39 is 24.8 Å². The molecule has 1 atom stereocenters. The highest BCUT2D eigenvalue weighted by Crippen LogP contribution is 2.37. The van der Waals surface area contributed by atoms with E-state index in [-0.39, 0.29) is 11.4 Å². The zero-order chi connectivity index (χ0) is 23.9. The van der Waals surface area contributed by atoms with Crippen molar-refractivity contribution in [3.8, 4) is 11.3 Å². The number of halogens is 3. The average Bonchev–Trinajstić information content (AvgIpc) is 2.76. The number of fused-ring (bicyclic) bond motifs is 1.